The molecule has 0 aliphatic heterocycles. The first-order valence-corrected chi connectivity index (χ1v) is 3.13. The van der Waals surface area contributed by atoms with Gasteiger partial charge in [0.15, 0.2) is 0 Å². The van der Waals surface area contributed by atoms with Crippen molar-refractivity contribution in [3.05, 3.63) is 12.7 Å². The number of methoxy groups -OCH3 is 1. The Labute approximate surface area is 56.7 Å². The van der Waals surface area contributed by atoms with Crippen molar-refractivity contribution in [1.29, 1.82) is 0 Å². The predicted molar refractivity (Wildman–Crippen MR) is 39.0 cm³/mol. The summed E-state index contributed by atoms with van der Waals surface area (Å²) in [6.07, 6.45) is 3.29. The molecule has 0 aromatic carbocycles. The van der Waals surface area contributed by atoms with E-state index in [2.05, 4.69) is 6.58 Å². The highest BCUT2D eigenvalue weighted by Crippen LogP contribution is 2.11. The molecular formula is C7H15NO. The van der Waals surface area contributed by atoms with Crippen molar-refractivity contribution in [3.8, 4) is 0 Å². The molecule has 0 amide bonds. The fourth-order valence-electron chi connectivity index (χ4n) is 0.616. The average molecular weight is 129 g/mol. The summed E-state index contributed by atoms with van der Waals surface area (Å²) in [5.74, 6) is 0. The van der Waals surface area contributed by atoms with Gasteiger partial charge in [-0.3, -0.25) is 0 Å². The molecule has 0 aromatic rings. The third kappa shape index (κ3) is 2.63. The quantitative estimate of drug-likeness (QED) is 0.458. The van der Waals surface area contributed by atoms with Crippen LogP contribution in [-0.2, 0) is 4.74 Å². The Morgan fingerprint density at radius 1 is 1.78 bits per heavy atom. The number of hydrogen-bond acceptors (Lipinski definition) is 2. The van der Waals surface area contributed by atoms with Crippen LogP contribution in [0.1, 0.15) is 19.8 Å². The standard InChI is InChI=1S/C7H15NO/c1-4-6-7(8,5-2)9-3/h4H,1,5-6,8H2,2-3H3. The Morgan fingerprint density at radius 2 is 2.33 bits per heavy atom. The molecule has 0 aliphatic carbocycles. The smallest absolute Gasteiger partial charge is 0.119 e. The van der Waals surface area contributed by atoms with Crippen molar-refractivity contribution >= 4 is 0 Å². The maximum Gasteiger partial charge on any atom is 0.119 e. The summed E-state index contributed by atoms with van der Waals surface area (Å²) in [5.41, 5.74) is 5.23. The van der Waals surface area contributed by atoms with E-state index in [-0.39, 0.29) is 0 Å². The molecule has 54 valence electrons. The Kier molecular flexibility index (Phi) is 3.50. The molecule has 2 nitrogen and oxygen atoms in total. The van der Waals surface area contributed by atoms with Crippen molar-refractivity contribution in [2.75, 3.05) is 7.11 Å². The molecule has 0 radical (unpaired) electrons. The zero-order chi connectivity index (χ0) is 7.33. The van der Waals surface area contributed by atoms with Crippen LogP contribution in [0.3, 0.4) is 0 Å². The minimum atomic E-state index is -0.484. The maximum atomic E-state index is 5.71. The summed E-state index contributed by atoms with van der Waals surface area (Å²) in [5, 5.41) is 0. The highest BCUT2D eigenvalue weighted by Gasteiger charge is 2.18. The molecular weight excluding hydrogens is 114 g/mol. The van der Waals surface area contributed by atoms with Crippen LogP contribution in [0.4, 0.5) is 0 Å². The lowest BCUT2D eigenvalue weighted by Gasteiger charge is -2.24. The summed E-state index contributed by atoms with van der Waals surface area (Å²) >= 11 is 0. The molecule has 1 unspecified atom stereocenters. The van der Waals surface area contributed by atoms with Crippen molar-refractivity contribution in [3.63, 3.8) is 0 Å². The van der Waals surface area contributed by atoms with Crippen molar-refractivity contribution in [1.82, 2.24) is 0 Å². The fourth-order valence-corrected chi connectivity index (χ4v) is 0.616. The lowest BCUT2D eigenvalue weighted by atomic mass is 10.1. The molecule has 0 saturated heterocycles. The zero-order valence-corrected chi connectivity index (χ0v) is 6.18. The van der Waals surface area contributed by atoms with Gasteiger partial charge in [0.05, 0.1) is 0 Å². The van der Waals surface area contributed by atoms with Crippen LogP contribution in [0, 0.1) is 0 Å². The van der Waals surface area contributed by atoms with Gasteiger partial charge in [-0.15, -0.1) is 6.58 Å². The van der Waals surface area contributed by atoms with E-state index in [1.165, 1.54) is 0 Å². The van der Waals surface area contributed by atoms with Gasteiger partial charge in [0.1, 0.15) is 5.72 Å². The SMILES string of the molecule is C=CCC(N)(CC)OC. The van der Waals surface area contributed by atoms with E-state index in [0.29, 0.717) is 6.42 Å². The third-order valence-corrected chi connectivity index (χ3v) is 1.49. The minimum absolute atomic E-state index is 0.484. The van der Waals surface area contributed by atoms with E-state index in [1.807, 2.05) is 6.92 Å². The monoisotopic (exact) mass is 129 g/mol. The van der Waals surface area contributed by atoms with Crippen molar-refractivity contribution < 1.29 is 4.74 Å². The lowest BCUT2D eigenvalue weighted by molar-refractivity contribution is -0.00548. The normalized spacial score (nSPS) is 16.8. The zero-order valence-electron chi connectivity index (χ0n) is 6.18. The molecule has 0 rings (SSSR count). The first-order chi connectivity index (χ1) is 4.18. The van der Waals surface area contributed by atoms with Crippen LogP contribution in [0.2, 0.25) is 0 Å². The molecule has 9 heavy (non-hydrogen) atoms. The van der Waals surface area contributed by atoms with Gasteiger partial charge in [-0.1, -0.05) is 13.0 Å². The van der Waals surface area contributed by atoms with Crippen molar-refractivity contribution in [2.45, 2.75) is 25.5 Å². The molecule has 0 saturated carbocycles. The van der Waals surface area contributed by atoms with Crippen LogP contribution in [0.15, 0.2) is 12.7 Å². The summed E-state index contributed by atoms with van der Waals surface area (Å²) in [6.45, 7) is 5.57. The first kappa shape index (κ1) is 8.66. The Balaban J connectivity index is 3.75. The summed E-state index contributed by atoms with van der Waals surface area (Å²) < 4.78 is 5.03. The maximum absolute atomic E-state index is 5.71. The molecule has 0 aliphatic rings. The van der Waals surface area contributed by atoms with E-state index in [4.69, 9.17) is 10.5 Å². The first-order valence-electron chi connectivity index (χ1n) is 3.13. The Hall–Kier alpha value is -0.340. The molecule has 0 bridgehead atoms. The Bertz CT molecular complexity index is 86.9. The molecule has 1 atom stereocenters. The van der Waals surface area contributed by atoms with Gasteiger partial charge < -0.3 is 10.5 Å². The van der Waals surface area contributed by atoms with Gasteiger partial charge in [0.2, 0.25) is 0 Å². The van der Waals surface area contributed by atoms with Crippen LogP contribution >= 0.6 is 0 Å². The molecule has 0 aromatic heterocycles. The van der Waals surface area contributed by atoms with Crippen molar-refractivity contribution in [2.24, 2.45) is 5.73 Å². The number of hydrogen-bond donors (Lipinski definition) is 1. The fraction of sp³-hybridized carbons (Fsp3) is 0.714. The summed E-state index contributed by atoms with van der Waals surface area (Å²) in [7, 11) is 1.62. The molecule has 0 heterocycles. The second-order valence-electron chi connectivity index (χ2n) is 2.12. The van der Waals surface area contributed by atoms with Crippen LogP contribution in [-0.4, -0.2) is 12.8 Å². The van der Waals surface area contributed by atoms with Gasteiger partial charge in [0, 0.05) is 13.5 Å². The van der Waals surface area contributed by atoms with Gasteiger partial charge in [-0.2, -0.15) is 0 Å². The molecule has 2 N–H and O–H groups in total. The van der Waals surface area contributed by atoms with Gasteiger partial charge in [-0.25, -0.2) is 0 Å². The van der Waals surface area contributed by atoms with E-state index in [0.717, 1.165) is 6.42 Å². The van der Waals surface area contributed by atoms with E-state index < -0.39 is 5.72 Å². The van der Waals surface area contributed by atoms with Crippen LogP contribution in [0.5, 0.6) is 0 Å². The third-order valence-electron chi connectivity index (χ3n) is 1.49. The van der Waals surface area contributed by atoms with E-state index in [1.54, 1.807) is 13.2 Å². The van der Waals surface area contributed by atoms with Gasteiger partial charge in [0.25, 0.3) is 0 Å². The van der Waals surface area contributed by atoms with Crippen LogP contribution in [0.25, 0.3) is 0 Å². The minimum Gasteiger partial charge on any atom is -0.364 e. The second kappa shape index (κ2) is 3.64. The second-order valence-corrected chi connectivity index (χ2v) is 2.12. The highest BCUT2D eigenvalue weighted by molar-refractivity contribution is 4.81. The topological polar surface area (TPSA) is 35.2 Å². The van der Waals surface area contributed by atoms with E-state index >= 15 is 0 Å². The number of nitrogens with two attached hydrogens (primary N) is 1. The van der Waals surface area contributed by atoms with Gasteiger partial charge in [-0.05, 0) is 6.42 Å². The summed E-state index contributed by atoms with van der Waals surface area (Å²) in [6, 6.07) is 0. The van der Waals surface area contributed by atoms with Crippen LogP contribution < -0.4 is 5.73 Å². The largest absolute Gasteiger partial charge is 0.364 e. The number of rotatable bonds is 4. The Morgan fingerprint density at radius 3 is 2.44 bits per heavy atom. The lowest BCUT2D eigenvalue weighted by Crippen LogP contribution is -2.40. The summed E-state index contributed by atoms with van der Waals surface area (Å²) in [4.78, 5) is 0. The number of ether oxygens (including phenoxy) is 1. The highest BCUT2D eigenvalue weighted by atomic mass is 16.5. The molecule has 0 fully saturated rings. The molecule has 2 heteroatoms. The predicted octanol–water partition coefficient (Wildman–Crippen LogP) is 1.27. The molecule has 0 spiro atoms. The average Bonchev–Trinajstić information content (AvgIpc) is 1.89. The van der Waals surface area contributed by atoms with E-state index in [9.17, 15) is 0 Å². The van der Waals surface area contributed by atoms with Gasteiger partial charge >= 0.3 is 0 Å².